The Balaban J connectivity index is 2.33. The van der Waals surface area contributed by atoms with Gasteiger partial charge in [0.2, 0.25) is 0 Å². The predicted octanol–water partition coefficient (Wildman–Crippen LogP) is 4.57. The molecule has 0 aliphatic rings. The van der Waals surface area contributed by atoms with E-state index in [2.05, 4.69) is 21.2 Å². The van der Waals surface area contributed by atoms with Crippen LogP contribution in [0.4, 0.5) is 10.1 Å². The Bertz CT molecular complexity index is 823. The number of nitrogens with zero attached hydrogens (tertiary/aromatic N) is 1. The smallest absolute Gasteiger partial charge is 0.259 e. The molecule has 2 aromatic rings. The number of amides is 1. The normalized spacial score (nSPS) is 12.9. The molecule has 0 saturated heterocycles. The molecule has 126 valence electrons. The van der Waals surface area contributed by atoms with Gasteiger partial charge in [-0.05, 0) is 56.5 Å². The number of anilines is 1. The van der Waals surface area contributed by atoms with Crippen LogP contribution in [-0.4, -0.2) is 16.1 Å². The second kappa shape index (κ2) is 7.12. The lowest BCUT2D eigenvalue weighted by Crippen LogP contribution is -2.18. The third-order valence-electron chi connectivity index (χ3n) is 3.49. The van der Waals surface area contributed by atoms with E-state index in [1.165, 1.54) is 13.1 Å². The monoisotopic (exact) mass is 345 g/mol. The highest BCUT2D eigenvalue weighted by Gasteiger charge is 2.29. The number of carbonyl (C=O) groups is 1. The summed E-state index contributed by atoms with van der Waals surface area (Å²) in [5, 5.41) is 7.43. The third kappa shape index (κ3) is 4.19. The molecule has 2 unspecified atom stereocenters. The maximum absolute atomic E-state index is 14.1. The van der Waals surface area contributed by atoms with E-state index in [1.54, 1.807) is 0 Å². The summed E-state index contributed by atoms with van der Waals surface area (Å²) in [6.45, 7) is 7.18. The van der Waals surface area contributed by atoms with Crippen molar-refractivity contribution >= 4 is 26.9 Å². The lowest BCUT2D eigenvalue weighted by Gasteiger charge is -2.14. The van der Waals surface area contributed by atoms with Crippen LogP contribution in [0, 0.1) is 6.92 Å². The van der Waals surface area contributed by atoms with Gasteiger partial charge in [-0.2, -0.15) is 5.10 Å². The van der Waals surface area contributed by atoms with Crippen molar-refractivity contribution in [3.63, 3.8) is 0 Å². The van der Waals surface area contributed by atoms with E-state index >= 15 is 0 Å². The fourth-order valence-electron chi connectivity index (χ4n) is 2.19. The highest BCUT2D eigenvalue weighted by Crippen LogP contribution is 2.33. The maximum atomic E-state index is 14.1. The number of halogens is 1. The number of allylic oxidation sites excluding steroid dienone is 1. The molecule has 0 aliphatic heterocycles. The van der Waals surface area contributed by atoms with Crippen molar-refractivity contribution in [2.24, 2.45) is 0 Å². The quantitative estimate of drug-likeness (QED) is 0.630. The number of alkyl halides is 1. The number of carbonyl (C=O) groups excluding carboxylic acids is 1. The zero-order chi connectivity index (χ0) is 17.9. The number of nitrogens with one attached hydrogen (secondary N) is 2. The molecule has 2 rings (SSSR count). The van der Waals surface area contributed by atoms with Crippen molar-refractivity contribution in [3.05, 3.63) is 58.1 Å². The number of aromatic nitrogens is 2. The van der Waals surface area contributed by atoms with E-state index in [-0.39, 0.29) is 11.3 Å². The molecule has 1 heterocycles. The van der Waals surface area contributed by atoms with Crippen LogP contribution in [0.2, 0.25) is 0 Å². The van der Waals surface area contributed by atoms with Gasteiger partial charge in [0.1, 0.15) is 5.69 Å². The molecule has 0 saturated carbocycles. The van der Waals surface area contributed by atoms with E-state index in [0.29, 0.717) is 5.69 Å². The lowest BCUT2D eigenvalue weighted by atomic mass is 10.1. The average molecular weight is 345 g/mol. The molecule has 4 nitrogen and oxygen atoms in total. The number of rotatable bonds is 4. The molecule has 2 N–H and O–H groups in total. The van der Waals surface area contributed by atoms with Crippen LogP contribution in [0.15, 0.2) is 35.7 Å². The number of benzene rings is 1. The highest BCUT2D eigenvalue weighted by molar-refractivity contribution is 7.18. The number of H-pyrrole nitrogens is 1. The zero-order valence-corrected chi connectivity index (χ0v) is 15.4. The summed E-state index contributed by atoms with van der Waals surface area (Å²) < 4.78 is 14.1. The van der Waals surface area contributed by atoms with Gasteiger partial charge < -0.3 is 5.32 Å². The number of hydrogen-bond acceptors (Lipinski definition) is 2. The molecule has 6 heteroatoms. The maximum Gasteiger partial charge on any atom is 0.259 e. The largest absolute Gasteiger partial charge is 0.322 e. The topological polar surface area (TPSA) is 57.8 Å². The second-order valence-electron chi connectivity index (χ2n) is 5.99. The van der Waals surface area contributed by atoms with Crippen molar-refractivity contribution < 1.29 is 9.18 Å². The average Bonchev–Trinajstić information content (AvgIpc) is 2.97. The van der Waals surface area contributed by atoms with E-state index in [4.69, 9.17) is 0 Å². The first-order valence-electron chi connectivity index (χ1n) is 7.53. The first-order chi connectivity index (χ1) is 11.2. The molecule has 2 atom stereocenters. The van der Waals surface area contributed by atoms with Crippen molar-refractivity contribution in [1.29, 1.82) is 0 Å². The van der Waals surface area contributed by atoms with E-state index in [1.807, 2.05) is 54.3 Å². The van der Waals surface area contributed by atoms with Crippen LogP contribution in [0.25, 0.3) is 6.08 Å². The standard InChI is InChI=1S/C18H21FN3OP/c1-11(2)8-9-13-6-5-7-15(12(13)3)21-17(23)14-10-20-22-16(14)18(4,19)24/h5-7,9-10H,24H2,1-4H3,(H,20,22)(H,21,23). The van der Waals surface area contributed by atoms with Gasteiger partial charge in [0, 0.05) is 11.9 Å². The molecule has 1 aromatic heterocycles. The Morgan fingerprint density at radius 3 is 2.79 bits per heavy atom. The number of hydrogen-bond donors (Lipinski definition) is 2. The minimum absolute atomic E-state index is 0.0586. The van der Waals surface area contributed by atoms with E-state index < -0.39 is 11.3 Å². The van der Waals surface area contributed by atoms with Crippen molar-refractivity contribution in [1.82, 2.24) is 10.2 Å². The molecule has 0 spiro atoms. The fourth-order valence-corrected chi connectivity index (χ4v) is 2.41. The predicted molar refractivity (Wildman–Crippen MR) is 98.7 cm³/mol. The van der Waals surface area contributed by atoms with Gasteiger partial charge in [-0.3, -0.25) is 9.89 Å². The second-order valence-corrected chi connectivity index (χ2v) is 7.07. The SMILES string of the molecule is CC(C)=C=Cc1cccc(NC(=O)c2c[nH]nc2C(C)(F)P)c1C. The Hall–Kier alpha value is -2.22. The first kappa shape index (κ1) is 18.1. The minimum atomic E-state index is -1.78. The molecular formula is C18H21FN3OP. The summed E-state index contributed by atoms with van der Waals surface area (Å²) in [6.07, 6.45) is 3.28. The van der Waals surface area contributed by atoms with Crippen molar-refractivity contribution in [2.45, 2.75) is 33.1 Å². The Labute approximate surface area is 143 Å². The Kier molecular flexibility index (Phi) is 5.38. The zero-order valence-electron chi connectivity index (χ0n) is 14.2. The number of aromatic amines is 1. The van der Waals surface area contributed by atoms with Crippen LogP contribution in [-0.2, 0) is 5.41 Å². The van der Waals surface area contributed by atoms with E-state index in [0.717, 1.165) is 16.7 Å². The van der Waals surface area contributed by atoms with Gasteiger partial charge in [-0.1, -0.05) is 21.4 Å². The highest BCUT2D eigenvalue weighted by atomic mass is 31.0. The summed E-state index contributed by atoms with van der Waals surface area (Å²) in [5.41, 5.74) is 7.00. The van der Waals surface area contributed by atoms with Gasteiger partial charge in [0.25, 0.3) is 5.91 Å². The Morgan fingerprint density at radius 2 is 2.17 bits per heavy atom. The molecular weight excluding hydrogens is 324 g/mol. The lowest BCUT2D eigenvalue weighted by molar-refractivity contribution is 0.102. The van der Waals surface area contributed by atoms with Gasteiger partial charge in [-0.25, -0.2) is 4.39 Å². The molecule has 0 bridgehead atoms. The van der Waals surface area contributed by atoms with E-state index in [9.17, 15) is 9.18 Å². The fraction of sp³-hybridized carbons (Fsp3) is 0.278. The van der Waals surface area contributed by atoms with Crippen molar-refractivity contribution in [3.8, 4) is 0 Å². The third-order valence-corrected chi connectivity index (χ3v) is 3.76. The summed E-state index contributed by atoms with van der Waals surface area (Å²) in [4.78, 5) is 12.5. The first-order valence-corrected chi connectivity index (χ1v) is 8.11. The summed E-state index contributed by atoms with van der Waals surface area (Å²) in [7, 11) is 2.04. The van der Waals surface area contributed by atoms with Gasteiger partial charge in [0.15, 0.2) is 5.41 Å². The molecule has 0 aliphatic carbocycles. The van der Waals surface area contributed by atoms with Crippen molar-refractivity contribution in [2.75, 3.05) is 5.32 Å². The Morgan fingerprint density at radius 1 is 1.46 bits per heavy atom. The van der Waals surface area contributed by atoms with Crippen LogP contribution >= 0.6 is 9.24 Å². The molecule has 0 fully saturated rings. The summed E-state index contributed by atoms with van der Waals surface area (Å²) in [6, 6.07) is 5.61. The molecule has 0 radical (unpaired) electrons. The van der Waals surface area contributed by atoms with Gasteiger partial charge in [0.05, 0.1) is 5.56 Å². The molecule has 24 heavy (non-hydrogen) atoms. The van der Waals surface area contributed by atoms with Crippen LogP contribution < -0.4 is 5.32 Å². The molecule has 1 amide bonds. The minimum Gasteiger partial charge on any atom is -0.322 e. The summed E-state index contributed by atoms with van der Waals surface area (Å²) in [5.74, 6) is -0.406. The van der Waals surface area contributed by atoms with Crippen LogP contribution in [0.5, 0.6) is 0 Å². The van der Waals surface area contributed by atoms with Crippen LogP contribution in [0.3, 0.4) is 0 Å². The van der Waals surface area contributed by atoms with Gasteiger partial charge >= 0.3 is 0 Å². The molecule has 1 aromatic carbocycles. The summed E-state index contributed by atoms with van der Waals surface area (Å²) >= 11 is 0. The van der Waals surface area contributed by atoms with Gasteiger partial charge in [-0.15, -0.1) is 5.73 Å². The van der Waals surface area contributed by atoms with Crippen LogP contribution in [0.1, 0.15) is 48.0 Å².